The first-order valence-electron chi connectivity index (χ1n) is 8.19. The largest absolute Gasteiger partial charge is 0.416 e. The van der Waals surface area contributed by atoms with Gasteiger partial charge in [-0.15, -0.1) is 0 Å². The molecule has 0 spiro atoms. The number of nitrogens with zero attached hydrogens (tertiary/aromatic N) is 1. The molecule has 0 radical (unpaired) electrons. The Morgan fingerprint density at radius 2 is 2.00 bits per heavy atom. The van der Waals surface area contributed by atoms with Crippen molar-refractivity contribution in [3.63, 3.8) is 0 Å². The molecule has 1 amide bonds. The highest BCUT2D eigenvalue weighted by Gasteiger charge is 2.29. The highest BCUT2D eigenvalue weighted by Crippen LogP contribution is 2.29. The summed E-state index contributed by atoms with van der Waals surface area (Å²) in [5, 5.41) is 10.9. The van der Waals surface area contributed by atoms with Crippen LogP contribution >= 0.6 is 0 Å². The van der Waals surface area contributed by atoms with Crippen molar-refractivity contribution in [3.05, 3.63) is 60.1 Å². The molecule has 0 aliphatic carbocycles. The number of aliphatic imine (C=N–C) groups is 1. The zero-order valence-corrected chi connectivity index (χ0v) is 14.9. The molecule has 0 bridgehead atoms. The van der Waals surface area contributed by atoms with Crippen LogP contribution in [0.25, 0.3) is 0 Å². The molecular formula is C18H21F4N3O3. The minimum Gasteiger partial charge on any atom is -0.372 e. The van der Waals surface area contributed by atoms with E-state index in [4.69, 9.17) is 9.94 Å². The maximum absolute atomic E-state index is 13.0. The number of allylic oxidation sites excluding steroid dienone is 1. The summed E-state index contributed by atoms with van der Waals surface area (Å²) in [5.41, 5.74) is 1.30. The second kappa shape index (κ2) is 11.9. The number of hydroxylamine groups is 1. The van der Waals surface area contributed by atoms with Crippen molar-refractivity contribution >= 4 is 12.1 Å². The fraction of sp³-hybridized carbons (Fsp3) is 0.333. The van der Waals surface area contributed by atoms with E-state index in [0.29, 0.717) is 18.2 Å². The standard InChI is InChI=1S/C18H21F4N3O3/c1-2-17(26)24-11-16(7-8-23-9-15(19)10-25-27)28-12-13-3-5-14(6-4-13)18(20,21)22/h2-6,9-10,16,25,27H,1,7-8,11-12H2,(H,24,26). The van der Waals surface area contributed by atoms with Gasteiger partial charge in [0.15, 0.2) is 5.83 Å². The third kappa shape index (κ3) is 9.28. The van der Waals surface area contributed by atoms with Gasteiger partial charge in [0, 0.05) is 13.1 Å². The molecule has 10 heteroatoms. The van der Waals surface area contributed by atoms with Crippen LogP contribution in [0.2, 0.25) is 0 Å². The summed E-state index contributed by atoms with van der Waals surface area (Å²) in [6, 6.07) is 4.54. The van der Waals surface area contributed by atoms with Crippen LogP contribution in [0.15, 0.2) is 53.9 Å². The number of ether oxygens (including phenoxy) is 1. The van der Waals surface area contributed by atoms with E-state index in [1.807, 2.05) is 0 Å². The summed E-state index contributed by atoms with van der Waals surface area (Å²) in [5.74, 6) is -1.20. The van der Waals surface area contributed by atoms with E-state index in [-0.39, 0.29) is 19.7 Å². The second-order valence-corrected chi connectivity index (χ2v) is 5.56. The van der Waals surface area contributed by atoms with Crippen molar-refractivity contribution in [1.82, 2.24) is 10.8 Å². The number of benzene rings is 1. The van der Waals surface area contributed by atoms with Gasteiger partial charge in [0.2, 0.25) is 5.91 Å². The van der Waals surface area contributed by atoms with Crippen LogP contribution in [0.4, 0.5) is 17.6 Å². The third-order valence-electron chi connectivity index (χ3n) is 3.45. The Kier molecular flexibility index (Phi) is 9.89. The number of hydrogen-bond donors (Lipinski definition) is 3. The van der Waals surface area contributed by atoms with Crippen molar-refractivity contribution in [2.75, 3.05) is 13.1 Å². The number of carbonyl (C=O) groups is 1. The number of carbonyl (C=O) groups excluding carboxylic acids is 1. The Bertz CT molecular complexity index is 688. The van der Waals surface area contributed by atoms with Crippen LogP contribution in [0.5, 0.6) is 0 Å². The van der Waals surface area contributed by atoms with Crippen molar-refractivity contribution < 1.29 is 32.3 Å². The molecule has 0 aliphatic rings. The van der Waals surface area contributed by atoms with E-state index in [2.05, 4.69) is 16.9 Å². The van der Waals surface area contributed by atoms with E-state index in [1.165, 1.54) is 17.6 Å². The number of amides is 1. The Hall–Kier alpha value is -2.72. The van der Waals surface area contributed by atoms with Gasteiger partial charge in [0.05, 0.1) is 30.7 Å². The van der Waals surface area contributed by atoms with Gasteiger partial charge in [-0.25, -0.2) is 4.39 Å². The summed E-state index contributed by atoms with van der Waals surface area (Å²) in [4.78, 5) is 15.1. The second-order valence-electron chi connectivity index (χ2n) is 5.56. The van der Waals surface area contributed by atoms with Crippen LogP contribution in [0.3, 0.4) is 0 Å². The maximum Gasteiger partial charge on any atom is 0.416 e. The molecule has 0 saturated carbocycles. The lowest BCUT2D eigenvalue weighted by Crippen LogP contribution is -2.33. The first-order valence-corrected chi connectivity index (χ1v) is 8.19. The molecule has 0 aliphatic heterocycles. The lowest BCUT2D eigenvalue weighted by Gasteiger charge is -2.18. The highest BCUT2D eigenvalue weighted by atomic mass is 19.4. The third-order valence-corrected chi connectivity index (χ3v) is 3.45. The van der Waals surface area contributed by atoms with E-state index in [1.54, 1.807) is 0 Å². The molecule has 0 saturated heterocycles. The van der Waals surface area contributed by atoms with E-state index >= 15 is 0 Å². The van der Waals surface area contributed by atoms with Crippen LogP contribution in [-0.2, 0) is 22.3 Å². The Morgan fingerprint density at radius 3 is 2.57 bits per heavy atom. The van der Waals surface area contributed by atoms with Crippen LogP contribution in [0.1, 0.15) is 17.5 Å². The molecule has 1 rings (SSSR count). The van der Waals surface area contributed by atoms with Crippen LogP contribution in [0, 0.1) is 0 Å². The molecule has 1 unspecified atom stereocenters. The van der Waals surface area contributed by atoms with E-state index in [9.17, 15) is 22.4 Å². The summed E-state index contributed by atoms with van der Waals surface area (Å²) in [6.45, 7) is 3.64. The van der Waals surface area contributed by atoms with E-state index < -0.39 is 29.6 Å². The molecular weight excluding hydrogens is 382 g/mol. The Morgan fingerprint density at radius 1 is 1.32 bits per heavy atom. The van der Waals surface area contributed by atoms with Crippen LogP contribution < -0.4 is 10.8 Å². The summed E-state index contributed by atoms with van der Waals surface area (Å²) in [6.07, 6.45) is -1.91. The fourth-order valence-electron chi connectivity index (χ4n) is 2.00. The molecule has 0 heterocycles. The van der Waals surface area contributed by atoms with Gasteiger partial charge >= 0.3 is 6.18 Å². The summed E-state index contributed by atoms with van der Waals surface area (Å²) in [7, 11) is 0. The first kappa shape index (κ1) is 23.3. The lowest BCUT2D eigenvalue weighted by molar-refractivity contribution is -0.137. The number of nitrogens with one attached hydrogen (secondary N) is 2. The minimum atomic E-state index is -4.41. The van der Waals surface area contributed by atoms with Crippen LogP contribution in [-0.4, -0.2) is 36.5 Å². The fourth-order valence-corrected chi connectivity index (χ4v) is 2.00. The van der Waals surface area contributed by atoms with Crippen molar-refractivity contribution in [2.45, 2.75) is 25.3 Å². The predicted octanol–water partition coefficient (Wildman–Crippen LogP) is 3.14. The number of hydrogen-bond acceptors (Lipinski definition) is 5. The van der Waals surface area contributed by atoms with Gasteiger partial charge in [-0.3, -0.25) is 20.5 Å². The van der Waals surface area contributed by atoms with Gasteiger partial charge < -0.3 is 10.1 Å². The Labute approximate surface area is 159 Å². The van der Waals surface area contributed by atoms with Gasteiger partial charge in [-0.05, 0) is 30.2 Å². The SMILES string of the molecule is C=CC(=O)NCC(CCN=CC(F)=CNO)OCc1ccc(C(F)(F)F)cc1. The molecule has 0 fully saturated rings. The van der Waals surface area contributed by atoms with Gasteiger partial charge in [0.1, 0.15) is 0 Å². The smallest absolute Gasteiger partial charge is 0.372 e. The molecule has 3 N–H and O–H groups in total. The average molecular weight is 403 g/mol. The maximum atomic E-state index is 13.0. The molecule has 1 aromatic rings. The molecule has 154 valence electrons. The summed E-state index contributed by atoms with van der Waals surface area (Å²) < 4.78 is 56.4. The highest BCUT2D eigenvalue weighted by molar-refractivity contribution is 5.86. The van der Waals surface area contributed by atoms with Crippen molar-refractivity contribution in [1.29, 1.82) is 0 Å². The number of rotatable bonds is 11. The van der Waals surface area contributed by atoms with Gasteiger partial charge in [0.25, 0.3) is 0 Å². The molecule has 0 aromatic heterocycles. The molecule has 6 nitrogen and oxygen atoms in total. The predicted molar refractivity (Wildman–Crippen MR) is 95.3 cm³/mol. The first-order chi connectivity index (χ1) is 13.3. The minimum absolute atomic E-state index is 0.0270. The van der Waals surface area contributed by atoms with E-state index in [0.717, 1.165) is 24.4 Å². The van der Waals surface area contributed by atoms with Gasteiger partial charge in [-0.2, -0.15) is 13.2 Å². The summed E-state index contributed by atoms with van der Waals surface area (Å²) >= 11 is 0. The molecule has 28 heavy (non-hydrogen) atoms. The van der Waals surface area contributed by atoms with Crippen molar-refractivity contribution in [3.8, 4) is 0 Å². The lowest BCUT2D eigenvalue weighted by atomic mass is 10.1. The topological polar surface area (TPSA) is 83.0 Å². The quantitative estimate of drug-likeness (QED) is 0.229. The normalized spacial score (nSPS) is 13.4. The monoisotopic (exact) mass is 403 g/mol. The Balaban J connectivity index is 2.62. The zero-order valence-electron chi connectivity index (χ0n) is 14.9. The number of halogens is 4. The molecule has 1 atom stereocenters. The average Bonchev–Trinajstić information content (AvgIpc) is 2.66. The number of alkyl halides is 3. The van der Waals surface area contributed by atoms with Crippen molar-refractivity contribution in [2.24, 2.45) is 4.99 Å². The van der Waals surface area contributed by atoms with Gasteiger partial charge in [-0.1, -0.05) is 18.7 Å². The molecule has 1 aromatic carbocycles. The zero-order chi connectivity index (χ0) is 21.0.